The number of anilines is 1. The number of hydrogen-bond acceptors (Lipinski definition) is 5. The van der Waals surface area contributed by atoms with Crippen LogP contribution in [0.1, 0.15) is 22.8 Å². The first-order valence-corrected chi connectivity index (χ1v) is 8.08. The molecule has 130 valence electrons. The maximum Gasteiger partial charge on any atom is 0.311 e. The second kappa shape index (κ2) is 7.89. The number of rotatable bonds is 6. The summed E-state index contributed by atoms with van der Waals surface area (Å²) in [5.74, 6) is -0.542. The van der Waals surface area contributed by atoms with Crippen LogP contribution < -0.4 is 10.1 Å². The summed E-state index contributed by atoms with van der Waals surface area (Å²) in [6.07, 6.45) is -0.476. The van der Waals surface area contributed by atoms with Crippen molar-refractivity contribution in [1.82, 2.24) is 0 Å². The summed E-state index contributed by atoms with van der Waals surface area (Å²) < 4.78 is 6.14. The standard InChI is InChI=1S/C17H15BrN2O5/c1-10-3-5-14(13(18)7-10)19-17(22)11(2)25-16-6-4-12(9-21)8-15(16)20(23)24/h3-9,11H,1-2H3,(H,19,22)/t11-/m0/s1. The molecule has 0 saturated carbocycles. The summed E-state index contributed by atoms with van der Waals surface area (Å²) in [7, 11) is 0. The molecule has 0 radical (unpaired) electrons. The van der Waals surface area contributed by atoms with Gasteiger partial charge in [0.15, 0.2) is 11.9 Å². The normalized spacial score (nSPS) is 11.5. The second-order valence-electron chi connectivity index (χ2n) is 5.33. The molecule has 0 fully saturated rings. The lowest BCUT2D eigenvalue weighted by Gasteiger charge is -2.15. The summed E-state index contributed by atoms with van der Waals surface area (Å²) in [6.45, 7) is 3.40. The van der Waals surface area contributed by atoms with Gasteiger partial charge in [-0.2, -0.15) is 0 Å². The van der Waals surface area contributed by atoms with Crippen LogP contribution in [0.5, 0.6) is 5.75 Å². The zero-order chi connectivity index (χ0) is 18.6. The number of nitrogens with one attached hydrogen (secondary N) is 1. The highest BCUT2D eigenvalue weighted by Crippen LogP contribution is 2.29. The summed E-state index contributed by atoms with van der Waals surface area (Å²) in [4.78, 5) is 33.5. The van der Waals surface area contributed by atoms with Gasteiger partial charge in [-0.15, -0.1) is 0 Å². The topological polar surface area (TPSA) is 98.5 Å². The van der Waals surface area contributed by atoms with Crippen molar-refractivity contribution >= 4 is 39.5 Å². The minimum absolute atomic E-state index is 0.0822. The molecule has 0 aromatic heterocycles. The van der Waals surface area contributed by atoms with Crippen LogP contribution in [0.15, 0.2) is 40.9 Å². The third-order valence-electron chi connectivity index (χ3n) is 3.37. The number of nitro benzene ring substituents is 1. The first-order chi connectivity index (χ1) is 11.8. The molecule has 1 amide bonds. The van der Waals surface area contributed by atoms with Gasteiger partial charge in [0.25, 0.3) is 5.91 Å². The Kier molecular flexibility index (Phi) is 5.87. The SMILES string of the molecule is Cc1ccc(NC(=O)[C@H](C)Oc2ccc(C=O)cc2[N+](=O)[O-])c(Br)c1. The van der Waals surface area contributed by atoms with Crippen molar-refractivity contribution in [3.63, 3.8) is 0 Å². The molecule has 0 aliphatic heterocycles. The fraction of sp³-hybridized carbons (Fsp3) is 0.176. The molecule has 1 N–H and O–H groups in total. The minimum Gasteiger partial charge on any atom is -0.474 e. The number of aldehydes is 1. The lowest BCUT2D eigenvalue weighted by atomic mass is 10.2. The van der Waals surface area contributed by atoms with E-state index in [0.717, 1.165) is 16.1 Å². The quantitative estimate of drug-likeness (QED) is 0.445. The molecule has 0 spiro atoms. The molecule has 1 atom stereocenters. The van der Waals surface area contributed by atoms with Crippen LogP contribution in [-0.4, -0.2) is 23.2 Å². The molecule has 7 nitrogen and oxygen atoms in total. The zero-order valence-corrected chi connectivity index (χ0v) is 15.1. The Morgan fingerprint density at radius 1 is 1.32 bits per heavy atom. The van der Waals surface area contributed by atoms with Gasteiger partial charge in [-0.05, 0) is 59.6 Å². The van der Waals surface area contributed by atoms with Gasteiger partial charge in [-0.1, -0.05) is 6.07 Å². The van der Waals surface area contributed by atoms with Crippen molar-refractivity contribution in [2.45, 2.75) is 20.0 Å². The molecule has 0 saturated heterocycles. The molecule has 2 aromatic rings. The van der Waals surface area contributed by atoms with Crippen LogP contribution in [0.3, 0.4) is 0 Å². The lowest BCUT2D eigenvalue weighted by molar-refractivity contribution is -0.386. The van der Waals surface area contributed by atoms with Crippen molar-refractivity contribution in [2.24, 2.45) is 0 Å². The Morgan fingerprint density at radius 2 is 2.04 bits per heavy atom. The number of halogens is 1. The van der Waals surface area contributed by atoms with Crippen LogP contribution in [0.25, 0.3) is 0 Å². The first-order valence-electron chi connectivity index (χ1n) is 7.29. The van der Waals surface area contributed by atoms with E-state index in [1.807, 2.05) is 19.1 Å². The number of ether oxygens (including phenoxy) is 1. The van der Waals surface area contributed by atoms with E-state index >= 15 is 0 Å². The van der Waals surface area contributed by atoms with Crippen LogP contribution in [0.4, 0.5) is 11.4 Å². The van der Waals surface area contributed by atoms with E-state index in [-0.39, 0.29) is 17.0 Å². The van der Waals surface area contributed by atoms with E-state index in [2.05, 4.69) is 21.2 Å². The van der Waals surface area contributed by atoms with Crippen LogP contribution in [0.2, 0.25) is 0 Å². The van der Waals surface area contributed by atoms with Gasteiger partial charge in [-0.25, -0.2) is 0 Å². The van der Waals surface area contributed by atoms with Gasteiger partial charge in [-0.3, -0.25) is 19.7 Å². The highest BCUT2D eigenvalue weighted by molar-refractivity contribution is 9.10. The minimum atomic E-state index is -0.978. The van der Waals surface area contributed by atoms with E-state index in [1.54, 1.807) is 6.07 Å². The van der Waals surface area contributed by atoms with Gasteiger partial charge in [0, 0.05) is 16.1 Å². The molecule has 2 rings (SSSR count). The van der Waals surface area contributed by atoms with E-state index in [1.165, 1.54) is 19.1 Å². The fourth-order valence-corrected chi connectivity index (χ4v) is 2.64. The van der Waals surface area contributed by atoms with Crippen molar-refractivity contribution in [2.75, 3.05) is 5.32 Å². The predicted octanol–water partition coefficient (Wildman–Crippen LogP) is 3.88. The van der Waals surface area contributed by atoms with Gasteiger partial charge in [0.2, 0.25) is 0 Å². The third kappa shape index (κ3) is 4.63. The molecule has 0 heterocycles. The Hall–Kier alpha value is -2.74. The smallest absolute Gasteiger partial charge is 0.311 e. The van der Waals surface area contributed by atoms with E-state index in [9.17, 15) is 19.7 Å². The number of amides is 1. The van der Waals surface area contributed by atoms with Gasteiger partial charge in [0.1, 0.15) is 6.29 Å². The molecular formula is C17H15BrN2O5. The number of aryl methyl sites for hydroxylation is 1. The predicted molar refractivity (Wildman–Crippen MR) is 96.1 cm³/mol. The first kappa shape index (κ1) is 18.6. The number of carbonyl (C=O) groups is 2. The Morgan fingerprint density at radius 3 is 2.64 bits per heavy atom. The van der Waals surface area contributed by atoms with Gasteiger partial charge >= 0.3 is 5.69 Å². The zero-order valence-electron chi connectivity index (χ0n) is 13.5. The molecule has 0 aliphatic rings. The van der Waals surface area contributed by atoms with Crippen molar-refractivity contribution in [1.29, 1.82) is 0 Å². The van der Waals surface area contributed by atoms with Crippen LogP contribution in [-0.2, 0) is 4.79 Å². The number of nitro groups is 1. The molecule has 0 unspecified atom stereocenters. The summed E-state index contributed by atoms with van der Waals surface area (Å²) >= 11 is 3.36. The van der Waals surface area contributed by atoms with Crippen molar-refractivity contribution < 1.29 is 19.2 Å². The average molecular weight is 407 g/mol. The monoisotopic (exact) mass is 406 g/mol. The van der Waals surface area contributed by atoms with Crippen LogP contribution >= 0.6 is 15.9 Å². The molecule has 25 heavy (non-hydrogen) atoms. The fourth-order valence-electron chi connectivity index (χ4n) is 2.05. The number of benzene rings is 2. The van der Waals surface area contributed by atoms with Crippen molar-refractivity contribution in [3.05, 3.63) is 62.1 Å². The Balaban J connectivity index is 2.16. The van der Waals surface area contributed by atoms with E-state index in [0.29, 0.717) is 12.0 Å². The van der Waals surface area contributed by atoms with Gasteiger partial charge in [0.05, 0.1) is 10.6 Å². The third-order valence-corrected chi connectivity index (χ3v) is 4.03. The molecular weight excluding hydrogens is 392 g/mol. The highest BCUT2D eigenvalue weighted by atomic mass is 79.9. The van der Waals surface area contributed by atoms with E-state index < -0.39 is 16.9 Å². The average Bonchev–Trinajstić information content (AvgIpc) is 2.57. The highest BCUT2D eigenvalue weighted by Gasteiger charge is 2.22. The Labute approximate surface area is 152 Å². The largest absolute Gasteiger partial charge is 0.474 e. The van der Waals surface area contributed by atoms with Crippen molar-refractivity contribution in [3.8, 4) is 5.75 Å². The maximum atomic E-state index is 12.3. The summed E-state index contributed by atoms with van der Waals surface area (Å²) in [6, 6.07) is 9.22. The molecule has 0 aliphatic carbocycles. The van der Waals surface area contributed by atoms with E-state index in [4.69, 9.17) is 4.74 Å². The number of hydrogen-bond donors (Lipinski definition) is 1. The summed E-state index contributed by atoms with van der Waals surface area (Å²) in [5.41, 5.74) is 1.37. The van der Waals surface area contributed by atoms with Gasteiger partial charge < -0.3 is 10.1 Å². The number of carbonyl (C=O) groups excluding carboxylic acids is 2. The molecule has 2 aromatic carbocycles. The Bertz CT molecular complexity index is 838. The summed E-state index contributed by atoms with van der Waals surface area (Å²) in [5, 5.41) is 13.8. The lowest BCUT2D eigenvalue weighted by Crippen LogP contribution is -2.30. The maximum absolute atomic E-state index is 12.3. The van der Waals surface area contributed by atoms with Crippen LogP contribution in [0, 0.1) is 17.0 Å². The number of nitrogens with zero attached hydrogens (tertiary/aromatic N) is 1. The molecule has 8 heteroatoms. The molecule has 0 bridgehead atoms. The second-order valence-corrected chi connectivity index (χ2v) is 6.19.